The Hall–Kier alpha value is -1.38. The second kappa shape index (κ2) is 4.24. The fourth-order valence-electron chi connectivity index (χ4n) is 2.34. The number of phenols is 3. The molecule has 1 aromatic rings. The first-order chi connectivity index (χ1) is 7.65. The highest BCUT2D eigenvalue weighted by Crippen LogP contribution is 2.48. The van der Waals surface area contributed by atoms with Gasteiger partial charge < -0.3 is 15.3 Å². The molecule has 3 nitrogen and oxygen atoms in total. The molecule has 0 atom stereocenters. The van der Waals surface area contributed by atoms with Gasteiger partial charge in [0, 0.05) is 5.56 Å². The summed E-state index contributed by atoms with van der Waals surface area (Å²) in [4.78, 5) is 0. The second-order valence-corrected chi connectivity index (χ2v) is 4.54. The molecule has 2 rings (SSSR count). The van der Waals surface area contributed by atoms with Crippen LogP contribution in [0.25, 0.3) is 0 Å². The molecule has 0 heterocycles. The van der Waals surface area contributed by atoms with Crippen LogP contribution in [0.15, 0.2) is 6.07 Å². The van der Waals surface area contributed by atoms with Gasteiger partial charge in [-0.1, -0.05) is 19.8 Å². The molecule has 3 N–H and O–H groups in total. The first-order valence-electron chi connectivity index (χ1n) is 5.91. The largest absolute Gasteiger partial charge is 0.504 e. The predicted octanol–water partition coefficient (Wildman–Crippen LogP) is 3.02. The number of phenolic OH excluding ortho intramolecular Hbond substituents is 3. The Balaban J connectivity index is 2.48. The van der Waals surface area contributed by atoms with Crippen LogP contribution in [-0.2, 0) is 6.42 Å². The number of aryl methyl sites for hydroxylation is 1. The van der Waals surface area contributed by atoms with E-state index in [0.717, 1.165) is 36.8 Å². The molecule has 1 aliphatic carbocycles. The first kappa shape index (κ1) is 11.1. The average molecular weight is 222 g/mol. The van der Waals surface area contributed by atoms with Crippen molar-refractivity contribution in [3.05, 3.63) is 17.2 Å². The van der Waals surface area contributed by atoms with E-state index in [1.165, 1.54) is 6.42 Å². The molecule has 0 radical (unpaired) electrons. The topological polar surface area (TPSA) is 60.7 Å². The molecule has 88 valence electrons. The van der Waals surface area contributed by atoms with E-state index in [1.807, 2.05) is 0 Å². The Morgan fingerprint density at radius 3 is 2.38 bits per heavy atom. The molecule has 0 spiro atoms. The van der Waals surface area contributed by atoms with Crippen LogP contribution in [0.3, 0.4) is 0 Å². The van der Waals surface area contributed by atoms with E-state index in [4.69, 9.17) is 0 Å². The Morgan fingerprint density at radius 2 is 1.88 bits per heavy atom. The van der Waals surface area contributed by atoms with Gasteiger partial charge in [0.15, 0.2) is 11.5 Å². The van der Waals surface area contributed by atoms with Crippen molar-refractivity contribution in [1.82, 2.24) is 0 Å². The Morgan fingerprint density at radius 1 is 1.19 bits per heavy atom. The van der Waals surface area contributed by atoms with Gasteiger partial charge >= 0.3 is 0 Å². The third-order valence-electron chi connectivity index (χ3n) is 3.41. The highest BCUT2D eigenvalue weighted by molar-refractivity contribution is 5.58. The van der Waals surface area contributed by atoms with Crippen LogP contribution >= 0.6 is 0 Å². The van der Waals surface area contributed by atoms with Crippen LogP contribution in [0.5, 0.6) is 17.2 Å². The zero-order chi connectivity index (χ0) is 11.7. The van der Waals surface area contributed by atoms with E-state index in [2.05, 4.69) is 6.92 Å². The van der Waals surface area contributed by atoms with Crippen molar-refractivity contribution in [1.29, 1.82) is 0 Å². The molecule has 1 fully saturated rings. The number of aromatic hydroxyl groups is 3. The maximum Gasteiger partial charge on any atom is 0.200 e. The first-order valence-corrected chi connectivity index (χ1v) is 5.91. The fraction of sp³-hybridized carbons (Fsp3) is 0.538. The summed E-state index contributed by atoms with van der Waals surface area (Å²) >= 11 is 0. The summed E-state index contributed by atoms with van der Waals surface area (Å²) in [6.07, 6.45) is 5.09. The number of hydrogen-bond donors (Lipinski definition) is 3. The van der Waals surface area contributed by atoms with E-state index in [-0.39, 0.29) is 17.2 Å². The molecule has 1 saturated carbocycles. The molecule has 0 aliphatic heterocycles. The predicted molar refractivity (Wildman–Crippen MR) is 62.0 cm³/mol. The van der Waals surface area contributed by atoms with Gasteiger partial charge in [-0.25, -0.2) is 0 Å². The maximum atomic E-state index is 9.91. The van der Waals surface area contributed by atoms with Crippen LogP contribution in [0.1, 0.15) is 49.7 Å². The average Bonchev–Trinajstić information content (AvgIpc) is 2.18. The molecule has 1 aliphatic rings. The zero-order valence-electron chi connectivity index (χ0n) is 9.53. The summed E-state index contributed by atoms with van der Waals surface area (Å²) in [5, 5.41) is 29.0. The lowest BCUT2D eigenvalue weighted by molar-refractivity contribution is 0.347. The second-order valence-electron chi connectivity index (χ2n) is 4.54. The molecular weight excluding hydrogens is 204 g/mol. The van der Waals surface area contributed by atoms with Crippen LogP contribution in [0.2, 0.25) is 0 Å². The van der Waals surface area contributed by atoms with Gasteiger partial charge in [-0.05, 0) is 36.8 Å². The van der Waals surface area contributed by atoms with Crippen molar-refractivity contribution in [3.8, 4) is 17.2 Å². The third kappa shape index (κ3) is 1.70. The van der Waals surface area contributed by atoms with E-state index in [0.29, 0.717) is 5.92 Å². The molecule has 0 bridgehead atoms. The van der Waals surface area contributed by atoms with Gasteiger partial charge in [-0.15, -0.1) is 0 Å². The number of benzene rings is 1. The Bertz CT molecular complexity index is 395. The third-order valence-corrected chi connectivity index (χ3v) is 3.41. The van der Waals surface area contributed by atoms with Gasteiger partial charge in [0.05, 0.1) is 0 Å². The van der Waals surface area contributed by atoms with E-state index >= 15 is 0 Å². The highest BCUT2D eigenvalue weighted by Gasteiger charge is 2.27. The molecule has 0 aromatic heterocycles. The van der Waals surface area contributed by atoms with Crippen LogP contribution in [-0.4, -0.2) is 15.3 Å². The lowest BCUT2D eigenvalue weighted by Gasteiger charge is -2.29. The van der Waals surface area contributed by atoms with Crippen LogP contribution in [0, 0.1) is 0 Å². The molecule has 3 heteroatoms. The highest BCUT2D eigenvalue weighted by atomic mass is 16.3. The van der Waals surface area contributed by atoms with E-state index < -0.39 is 0 Å². The van der Waals surface area contributed by atoms with Crippen LogP contribution in [0.4, 0.5) is 0 Å². The minimum absolute atomic E-state index is 0.117. The van der Waals surface area contributed by atoms with Gasteiger partial charge in [-0.3, -0.25) is 0 Å². The van der Waals surface area contributed by atoms with Gasteiger partial charge in [-0.2, -0.15) is 0 Å². The summed E-state index contributed by atoms with van der Waals surface area (Å²) < 4.78 is 0. The van der Waals surface area contributed by atoms with Gasteiger partial charge in [0.1, 0.15) is 0 Å². The van der Waals surface area contributed by atoms with E-state index in [9.17, 15) is 15.3 Å². The molecule has 0 unspecified atom stereocenters. The van der Waals surface area contributed by atoms with E-state index in [1.54, 1.807) is 6.07 Å². The number of hydrogen-bond acceptors (Lipinski definition) is 3. The smallest absolute Gasteiger partial charge is 0.200 e. The fourth-order valence-corrected chi connectivity index (χ4v) is 2.34. The Kier molecular flexibility index (Phi) is 2.95. The van der Waals surface area contributed by atoms with Crippen molar-refractivity contribution in [2.75, 3.05) is 0 Å². The summed E-state index contributed by atoms with van der Waals surface area (Å²) in [7, 11) is 0. The molecule has 1 aromatic carbocycles. The lowest BCUT2D eigenvalue weighted by Crippen LogP contribution is -2.11. The lowest BCUT2D eigenvalue weighted by atomic mass is 9.77. The standard InChI is InChI=1S/C13H18O3/c1-2-4-9-7-10(14)12(15)13(16)11(9)8-5-3-6-8/h7-8,14-16H,2-6H2,1H3. The van der Waals surface area contributed by atoms with Gasteiger partial charge in [0.25, 0.3) is 0 Å². The van der Waals surface area contributed by atoms with Crippen molar-refractivity contribution in [2.45, 2.75) is 44.9 Å². The Labute approximate surface area is 95.4 Å². The number of rotatable bonds is 3. The molecule has 0 amide bonds. The molecule has 16 heavy (non-hydrogen) atoms. The zero-order valence-corrected chi connectivity index (χ0v) is 9.53. The normalized spacial score (nSPS) is 16.1. The monoisotopic (exact) mass is 222 g/mol. The SMILES string of the molecule is CCCc1cc(O)c(O)c(O)c1C1CCC1. The molecule has 0 saturated heterocycles. The minimum Gasteiger partial charge on any atom is -0.504 e. The summed E-state index contributed by atoms with van der Waals surface area (Å²) in [5.41, 5.74) is 1.82. The van der Waals surface area contributed by atoms with Gasteiger partial charge in [0.2, 0.25) is 5.75 Å². The van der Waals surface area contributed by atoms with Crippen molar-refractivity contribution in [2.24, 2.45) is 0 Å². The van der Waals surface area contributed by atoms with Crippen molar-refractivity contribution >= 4 is 0 Å². The van der Waals surface area contributed by atoms with Crippen molar-refractivity contribution in [3.63, 3.8) is 0 Å². The quantitative estimate of drug-likeness (QED) is 0.689. The summed E-state index contributed by atoms with van der Waals surface area (Å²) in [5.74, 6) is -0.355. The maximum absolute atomic E-state index is 9.91. The molecular formula is C13H18O3. The summed E-state index contributed by atoms with van der Waals surface area (Å²) in [6.45, 7) is 2.06. The summed E-state index contributed by atoms with van der Waals surface area (Å²) in [6, 6.07) is 1.59. The van der Waals surface area contributed by atoms with Crippen molar-refractivity contribution < 1.29 is 15.3 Å². The van der Waals surface area contributed by atoms with Crippen LogP contribution < -0.4 is 0 Å². The minimum atomic E-state index is -0.373.